The van der Waals surface area contributed by atoms with Crippen molar-refractivity contribution in [1.29, 1.82) is 0 Å². The van der Waals surface area contributed by atoms with Gasteiger partial charge >= 0.3 is 6.18 Å². The third-order valence-corrected chi connectivity index (χ3v) is 4.48. The van der Waals surface area contributed by atoms with Crippen molar-refractivity contribution < 1.29 is 27.8 Å². The quantitative estimate of drug-likeness (QED) is 0.911. The number of imidazole rings is 1. The molecule has 2 aromatic rings. The summed E-state index contributed by atoms with van der Waals surface area (Å²) in [5.41, 5.74) is -0.348. The smallest absolute Gasteiger partial charge is 0.388 e. The Morgan fingerprint density at radius 2 is 1.96 bits per heavy atom. The van der Waals surface area contributed by atoms with E-state index in [2.05, 4.69) is 4.98 Å². The number of nitrogens with zero attached hydrogens (tertiary/aromatic N) is 2. The van der Waals surface area contributed by atoms with Gasteiger partial charge in [-0.15, -0.1) is 0 Å². The molecule has 0 radical (unpaired) electrons. The van der Waals surface area contributed by atoms with E-state index in [4.69, 9.17) is 9.47 Å². The van der Waals surface area contributed by atoms with Crippen LogP contribution in [0, 0.1) is 0 Å². The van der Waals surface area contributed by atoms with Crippen LogP contribution in [0.2, 0.25) is 0 Å². The van der Waals surface area contributed by atoms with Crippen molar-refractivity contribution in [2.75, 3.05) is 13.2 Å². The molecule has 0 aliphatic carbocycles. The van der Waals surface area contributed by atoms with Crippen LogP contribution >= 0.6 is 0 Å². The fraction of sp³-hybridized carbons (Fsp3) is 0.438. The van der Waals surface area contributed by atoms with Crippen molar-refractivity contribution in [3.05, 3.63) is 42.2 Å². The molecule has 2 aliphatic rings. The van der Waals surface area contributed by atoms with Crippen LogP contribution in [0.4, 0.5) is 13.2 Å². The summed E-state index contributed by atoms with van der Waals surface area (Å²) in [7, 11) is 0. The van der Waals surface area contributed by atoms with Crippen LogP contribution < -0.4 is 0 Å². The van der Waals surface area contributed by atoms with E-state index in [9.17, 15) is 18.3 Å². The first-order valence-corrected chi connectivity index (χ1v) is 7.57. The standard InChI is InChI=1S/C16H15F3N2O3/c17-16(18,19)10-3-1-2-9(6-10)15-20-4-5-21(15)11-7-23-14-12(22)8-24-13(11)14/h1-6,11-14,22H,7-8H2/t11-,12+,13+,14+/m0/s1. The molecule has 4 rings (SSSR count). The molecule has 1 aromatic heterocycles. The van der Waals surface area contributed by atoms with E-state index < -0.39 is 23.9 Å². The maximum Gasteiger partial charge on any atom is 0.416 e. The second-order valence-electron chi connectivity index (χ2n) is 5.97. The number of hydrogen-bond donors (Lipinski definition) is 1. The number of aliphatic hydroxyl groups is 1. The molecule has 4 atom stereocenters. The average molecular weight is 340 g/mol. The first-order valence-electron chi connectivity index (χ1n) is 7.57. The molecule has 3 heterocycles. The van der Waals surface area contributed by atoms with Crippen LogP contribution in [-0.4, -0.2) is 46.2 Å². The zero-order chi connectivity index (χ0) is 16.9. The lowest BCUT2D eigenvalue weighted by Gasteiger charge is -2.20. The molecule has 5 nitrogen and oxygen atoms in total. The number of ether oxygens (including phenoxy) is 2. The number of aromatic nitrogens is 2. The van der Waals surface area contributed by atoms with Crippen LogP contribution in [0.15, 0.2) is 36.7 Å². The highest BCUT2D eigenvalue weighted by Crippen LogP contribution is 2.37. The van der Waals surface area contributed by atoms with Gasteiger partial charge in [0.25, 0.3) is 0 Å². The zero-order valence-corrected chi connectivity index (χ0v) is 12.5. The molecular formula is C16H15F3N2O3. The minimum Gasteiger partial charge on any atom is -0.388 e. The molecule has 0 amide bonds. The van der Waals surface area contributed by atoms with Crippen molar-refractivity contribution in [3.63, 3.8) is 0 Å². The minimum atomic E-state index is -4.41. The number of aliphatic hydroxyl groups excluding tert-OH is 1. The first-order chi connectivity index (χ1) is 11.4. The SMILES string of the molecule is O[C@@H]1CO[C@H]2[C@@H]1OC[C@@H]2n1ccnc1-c1cccc(C(F)(F)F)c1. The molecule has 2 aliphatic heterocycles. The second-order valence-corrected chi connectivity index (χ2v) is 5.97. The fourth-order valence-electron chi connectivity index (χ4n) is 3.34. The maximum atomic E-state index is 12.9. The summed E-state index contributed by atoms with van der Waals surface area (Å²) < 4.78 is 51.7. The van der Waals surface area contributed by atoms with Crippen LogP contribution in [-0.2, 0) is 15.7 Å². The van der Waals surface area contributed by atoms with Gasteiger partial charge < -0.3 is 19.1 Å². The summed E-state index contributed by atoms with van der Waals surface area (Å²) in [6, 6.07) is 4.82. The predicted octanol–water partition coefficient (Wildman–Crippen LogP) is 2.27. The highest BCUT2D eigenvalue weighted by molar-refractivity contribution is 5.57. The summed E-state index contributed by atoms with van der Waals surface area (Å²) in [5.74, 6) is 0.417. The molecule has 0 bridgehead atoms. The lowest BCUT2D eigenvalue weighted by atomic mass is 10.1. The Morgan fingerprint density at radius 3 is 2.75 bits per heavy atom. The van der Waals surface area contributed by atoms with Crippen LogP contribution in [0.1, 0.15) is 11.6 Å². The third kappa shape index (κ3) is 2.51. The Labute approximate surface area is 135 Å². The Balaban J connectivity index is 1.69. The topological polar surface area (TPSA) is 56.5 Å². The van der Waals surface area contributed by atoms with Crippen LogP contribution in [0.5, 0.6) is 0 Å². The number of hydrogen-bond acceptors (Lipinski definition) is 4. The number of rotatable bonds is 2. The summed E-state index contributed by atoms with van der Waals surface area (Å²) in [4.78, 5) is 4.21. The lowest BCUT2D eigenvalue weighted by Crippen LogP contribution is -2.30. The van der Waals surface area contributed by atoms with Gasteiger partial charge in [-0.05, 0) is 12.1 Å². The van der Waals surface area contributed by atoms with E-state index in [1.54, 1.807) is 16.8 Å². The Hall–Kier alpha value is -1.90. The lowest BCUT2D eigenvalue weighted by molar-refractivity contribution is -0.137. The highest BCUT2D eigenvalue weighted by Gasteiger charge is 2.48. The Bertz CT molecular complexity index is 746. The number of fused-ring (bicyclic) bond motifs is 1. The predicted molar refractivity (Wildman–Crippen MR) is 77.2 cm³/mol. The molecule has 1 aromatic carbocycles. The van der Waals surface area contributed by atoms with Gasteiger partial charge in [-0.3, -0.25) is 0 Å². The van der Waals surface area contributed by atoms with Crippen LogP contribution in [0.25, 0.3) is 11.4 Å². The minimum absolute atomic E-state index is 0.194. The van der Waals surface area contributed by atoms with E-state index in [1.807, 2.05) is 0 Å². The molecule has 8 heteroatoms. The Morgan fingerprint density at radius 1 is 1.17 bits per heavy atom. The Kier molecular flexibility index (Phi) is 3.63. The van der Waals surface area contributed by atoms with Gasteiger partial charge in [0.05, 0.1) is 24.8 Å². The fourth-order valence-corrected chi connectivity index (χ4v) is 3.34. The third-order valence-electron chi connectivity index (χ3n) is 4.48. The van der Waals surface area contributed by atoms with E-state index in [1.165, 1.54) is 12.3 Å². The molecule has 0 spiro atoms. The van der Waals surface area contributed by atoms with E-state index in [0.29, 0.717) is 18.0 Å². The largest absolute Gasteiger partial charge is 0.416 e. The second kappa shape index (κ2) is 5.58. The van der Waals surface area contributed by atoms with Crippen LogP contribution in [0.3, 0.4) is 0 Å². The molecular weight excluding hydrogens is 325 g/mol. The molecule has 0 saturated carbocycles. The van der Waals surface area contributed by atoms with Crippen molar-refractivity contribution in [2.45, 2.75) is 30.5 Å². The van der Waals surface area contributed by atoms with Gasteiger partial charge in [-0.25, -0.2) is 4.98 Å². The van der Waals surface area contributed by atoms with Gasteiger partial charge in [0.15, 0.2) is 0 Å². The van der Waals surface area contributed by atoms with Crippen molar-refractivity contribution >= 4 is 0 Å². The number of alkyl halides is 3. The van der Waals surface area contributed by atoms with Crippen molar-refractivity contribution in [2.24, 2.45) is 0 Å². The molecule has 1 N–H and O–H groups in total. The molecule has 2 saturated heterocycles. The zero-order valence-electron chi connectivity index (χ0n) is 12.5. The molecule has 0 unspecified atom stereocenters. The molecule has 128 valence electrons. The first kappa shape index (κ1) is 15.6. The normalized spacial score (nSPS) is 29.8. The van der Waals surface area contributed by atoms with E-state index in [-0.39, 0.29) is 18.8 Å². The van der Waals surface area contributed by atoms with Crippen molar-refractivity contribution in [3.8, 4) is 11.4 Å². The van der Waals surface area contributed by atoms with E-state index >= 15 is 0 Å². The van der Waals surface area contributed by atoms with Gasteiger partial charge in [0, 0.05) is 18.0 Å². The van der Waals surface area contributed by atoms with E-state index in [0.717, 1.165) is 12.1 Å². The van der Waals surface area contributed by atoms with Crippen molar-refractivity contribution in [1.82, 2.24) is 9.55 Å². The number of benzene rings is 1. The molecule has 24 heavy (non-hydrogen) atoms. The monoisotopic (exact) mass is 340 g/mol. The average Bonchev–Trinajstić information content (AvgIpc) is 3.24. The highest BCUT2D eigenvalue weighted by atomic mass is 19.4. The number of halogens is 3. The maximum absolute atomic E-state index is 12.9. The summed E-state index contributed by atoms with van der Waals surface area (Å²) in [6.07, 6.45) is -2.60. The molecule has 2 fully saturated rings. The summed E-state index contributed by atoms with van der Waals surface area (Å²) in [5, 5.41) is 9.83. The van der Waals surface area contributed by atoms with Gasteiger partial charge in [0.2, 0.25) is 0 Å². The van der Waals surface area contributed by atoms with Gasteiger partial charge in [0.1, 0.15) is 24.1 Å². The summed E-state index contributed by atoms with van der Waals surface area (Å²) >= 11 is 0. The van der Waals surface area contributed by atoms with Gasteiger partial charge in [-0.2, -0.15) is 13.2 Å². The summed E-state index contributed by atoms with van der Waals surface area (Å²) in [6.45, 7) is 0.508. The van der Waals surface area contributed by atoms with Gasteiger partial charge in [-0.1, -0.05) is 12.1 Å².